The van der Waals surface area contributed by atoms with Crippen LogP contribution in [-0.4, -0.2) is 51.3 Å². The van der Waals surface area contributed by atoms with Gasteiger partial charge in [-0.15, -0.1) is 6.58 Å². The number of hydrogen-bond donors (Lipinski definition) is 1. The van der Waals surface area contributed by atoms with E-state index in [9.17, 15) is 0 Å². The van der Waals surface area contributed by atoms with Crippen LogP contribution < -0.4 is 5.32 Å². The molecule has 1 aliphatic heterocycles. The van der Waals surface area contributed by atoms with Crippen molar-refractivity contribution >= 4 is 0 Å². The molecule has 1 aliphatic rings. The van der Waals surface area contributed by atoms with Crippen molar-refractivity contribution in [2.45, 2.75) is 32.6 Å². The van der Waals surface area contributed by atoms with Gasteiger partial charge in [0.1, 0.15) is 0 Å². The molecule has 0 bridgehead atoms. The highest BCUT2D eigenvalue weighted by Crippen LogP contribution is 2.32. The molecular weight excluding hydrogens is 224 g/mol. The fourth-order valence-corrected chi connectivity index (χ4v) is 3.10. The van der Waals surface area contributed by atoms with Crippen molar-refractivity contribution in [2.75, 3.05) is 46.4 Å². The van der Waals surface area contributed by atoms with Gasteiger partial charge in [-0.1, -0.05) is 19.4 Å². The monoisotopic (exact) mass is 254 g/mol. The summed E-state index contributed by atoms with van der Waals surface area (Å²) in [6, 6.07) is 0. The maximum absolute atomic E-state index is 5.21. The standard InChI is InChI=1S/C15H30N2O/c1-4-7-15(8-6-9-16-13-15)14-17(10-5-2)11-12-18-3/h5,16H,2,4,6-14H2,1,3H3. The van der Waals surface area contributed by atoms with Crippen LogP contribution in [0, 0.1) is 5.41 Å². The summed E-state index contributed by atoms with van der Waals surface area (Å²) in [7, 11) is 1.77. The number of methoxy groups -OCH3 is 1. The quantitative estimate of drug-likeness (QED) is 0.639. The number of ether oxygens (including phenoxy) is 1. The van der Waals surface area contributed by atoms with Crippen LogP contribution in [0.3, 0.4) is 0 Å². The van der Waals surface area contributed by atoms with Crippen molar-refractivity contribution < 1.29 is 4.74 Å². The van der Waals surface area contributed by atoms with Gasteiger partial charge in [-0.25, -0.2) is 0 Å². The molecule has 0 aromatic rings. The largest absolute Gasteiger partial charge is 0.383 e. The van der Waals surface area contributed by atoms with Gasteiger partial charge < -0.3 is 10.1 Å². The summed E-state index contributed by atoms with van der Waals surface area (Å²) in [5.74, 6) is 0. The van der Waals surface area contributed by atoms with E-state index < -0.39 is 0 Å². The Morgan fingerprint density at radius 1 is 1.50 bits per heavy atom. The first-order valence-corrected chi connectivity index (χ1v) is 7.29. The van der Waals surface area contributed by atoms with E-state index in [-0.39, 0.29) is 0 Å². The van der Waals surface area contributed by atoms with Crippen LogP contribution in [0.5, 0.6) is 0 Å². The summed E-state index contributed by atoms with van der Waals surface area (Å²) < 4.78 is 5.21. The van der Waals surface area contributed by atoms with E-state index in [1.54, 1.807) is 7.11 Å². The van der Waals surface area contributed by atoms with Crippen molar-refractivity contribution in [3.63, 3.8) is 0 Å². The summed E-state index contributed by atoms with van der Waals surface area (Å²) in [5, 5.41) is 3.58. The lowest BCUT2D eigenvalue weighted by atomic mass is 9.76. The van der Waals surface area contributed by atoms with Crippen molar-refractivity contribution in [1.29, 1.82) is 0 Å². The zero-order valence-corrected chi connectivity index (χ0v) is 12.2. The number of nitrogens with zero attached hydrogens (tertiary/aromatic N) is 1. The van der Waals surface area contributed by atoms with Crippen LogP contribution in [0.1, 0.15) is 32.6 Å². The van der Waals surface area contributed by atoms with Crippen LogP contribution in [0.4, 0.5) is 0 Å². The smallest absolute Gasteiger partial charge is 0.0589 e. The predicted molar refractivity (Wildman–Crippen MR) is 78.0 cm³/mol. The Labute approximate surface area is 113 Å². The van der Waals surface area contributed by atoms with Crippen LogP contribution in [0.25, 0.3) is 0 Å². The van der Waals surface area contributed by atoms with E-state index in [2.05, 4.69) is 23.7 Å². The molecule has 1 saturated heterocycles. The third-order valence-electron chi connectivity index (χ3n) is 3.90. The summed E-state index contributed by atoms with van der Waals surface area (Å²) >= 11 is 0. The molecule has 1 N–H and O–H groups in total. The second kappa shape index (κ2) is 8.68. The second-order valence-corrected chi connectivity index (χ2v) is 5.55. The Balaban J connectivity index is 2.56. The van der Waals surface area contributed by atoms with E-state index in [0.29, 0.717) is 5.41 Å². The molecular formula is C15H30N2O. The summed E-state index contributed by atoms with van der Waals surface area (Å²) in [5.41, 5.74) is 0.462. The Kier molecular flexibility index (Phi) is 7.56. The minimum absolute atomic E-state index is 0.462. The van der Waals surface area contributed by atoms with Gasteiger partial charge in [0.25, 0.3) is 0 Å². The Morgan fingerprint density at radius 3 is 2.89 bits per heavy atom. The van der Waals surface area contributed by atoms with E-state index in [0.717, 1.165) is 19.7 Å². The highest BCUT2D eigenvalue weighted by atomic mass is 16.5. The fourth-order valence-electron chi connectivity index (χ4n) is 3.10. The van der Waals surface area contributed by atoms with Gasteiger partial charge in [-0.3, -0.25) is 4.90 Å². The maximum atomic E-state index is 5.21. The number of hydrogen-bond acceptors (Lipinski definition) is 3. The molecule has 0 aromatic carbocycles. The van der Waals surface area contributed by atoms with Crippen LogP contribution in [-0.2, 0) is 4.74 Å². The predicted octanol–water partition coefficient (Wildman–Crippen LogP) is 2.29. The molecule has 1 unspecified atom stereocenters. The third kappa shape index (κ3) is 5.09. The average Bonchev–Trinajstić information content (AvgIpc) is 2.37. The lowest BCUT2D eigenvalue weighted by Gasteiger charge is -2.41. The van der Waals surface area contributed by atoms with Crippen molar-refractivity contribution in [1.82, 2.24) is 10.2 Å². The average molecular weight is 254 g/mol. The highest BCUT2D eigenvalue weighted by molar-refractivity contribution is 4.89. The lowest BCUT2D eigenvalue weighted by Crippen LogP contribution is -2.48. The molecule has 1 fully saturated rings. The molecule has 1 heterocycles. The maximum Gasteiger partial charge on any atom is 0.0589 e. The molecule has 0 spiro atoms. The molecule has 0 aromatic heterocycles. The zero-order chi connectivity index (χ0) is 13.3. The summed E-state index contributed by atoms with van der Waals surface area (Å²) in [6.07, 6.45) is 7.26. The first kappa shape index (κ1) is 15.7. The van der Waals surface area contributed by atoms with Crippen LogP contribution >= 0.6 is 0 Å². The van der Waals surface area contributed by atoms with Crippen molar-refractivity contribution in [3.05, 3.63) is 12.7 Å². The molecule has 0 saturated carbocycles. The molecule has 18 heavy (non-hydrogen) atoms. The minimum atomic E-state index is 0.462. The number of rotatable bonds is 9. The van der Waals surface area contributed by atoms with Gasteiger partial charge in [0.2, 0.25) is 0 Å². The van der Waals surface area contributed by atoms with Crippen LogP contribution in [0.2, 0.25) is 0 Å². The van der Waals surface area contributed by atoms with Gasteiger partial charge in [0.05, 0.1) is 6.61 Å². The molecule has 0 aliphatic carbocycles. The van der Waals surface area contributed by atoms with E-state index in [1.165, 1.54) is 45.3 Å². The number of nitrogens with one attached hydrogen (secondary N) is 1. The van der Waals surface area contributed by atoms with E-state index >= 15 is 0 Å². The van der Waals surface area contributed by atoms with Gasteiger partial charge in [-0.2, -0.15) is 0 Å². The van der Waals surface area contributed by atoms with E-state index in [1.807, 2.05) is 6.08 Å². The third-order valence-corrected chi connectivity index (χ3v) is 3.90. The molecule has 0 radical (unpaired) electrons. The summed E-state index contributed by atoms with van der Waals surface area (Å²) in [4.78, 5) is 2.49. The van der Waals surface area contributed by atoms with E-state index in [4.69, 9.17) is 4.74 Å². The van der Waals surface area contributed by atoms with Crippen LogP contribution in [0.15, 0.2) is 12.7 Å². The first-order chi connectivity index (χ1) is 8.76. The molecule has 3 heteroatoms. The zero-order valence-electron chi connectivity index (χ0n) is 12.2. The molecule has 1 atom stereocenters. The van der Waals surface area contributed by atoms with Crippen molar-refractivity contribution in [3.8, 4) is 0 Å². The van der Waals surface area contributed by atoms with Crippen molar-refractivity contribution in [2.24, 2.45) is 5.41 Å². The summed E-state index contributed by atoms with van der Waals surface area (Å²) in [6.45, 7) is 12.5. The Morgan fingerprint density at radius 2 is 2.33 bits per heavy atom. The molecule has 1 rings (SSSR count). The SMILES string of the molecule is C=CCN(CCOC)CC1(CCC)CCCNC1. The normalized spacial score (nSPS) is 24.4. The van der Waals surface area contributed by atoms with Gasteiger partial charge in [0, 0.05) is 33.3 Å². The Bertz CT molecular complexity index is 219. The lowest BCUT2D eigenvalue weighted by molar-refractivity contribution is 0.0883. The Hall–Kier alpha value is -0.380. The first-order valence-electron chi connectivity index (χ1n) is 7.29. The molecule has 0 amide bonds. The second-order valence-electron chi connectivity index (χ2n) is 5.55. The fraction of sp³-hybridized carbons (Fsp3) is 0.867. The number of piperidine rings is 1. The molecule has 3 nitrogen and oxygen atoms in total. The highest BCUT2D eigenvalue weighted by Gasteiger charge is 2.32. The topological polar surface area (TPSA) is 24.5 Å². The van der Waals surface area contributed by atoms with Gasteiger partial charge in [-0.05, 0) is 31.2 Å². The minimum Gasteiger partial charge on any atom is -0.383 e. The molecule has 106 valence electrons. The van der Waals surface area contributed by atoms with Gasteiger partial charge >= 0.3 is 0 Å². The van der Waals surface area contributed by atoms with Gasteiger partial charge in [0.15, 0.2) is 0 Å².